The molecule has 0 radical (unpaired) electrons. The molecule has 23 heavy (non-hydrogen) atoms. The maximum absolute atomic E-state index is 12.6. The van der Waals surface area contributed by atoms with Crippen molar-refractivity contribution in [2.75, 3.05) is 0 Å². The van der Waals surface area contributed by atoms with Crippen molar-refractivity contribution in [3.63, 3.8) is 0 Å². The largest absolute Gasteiger partial charge is 0.458 e. The number of hydrogen-bond acceptors (Lipinski definition) is 2. The van der Waals surface area contributed by atoms with Crippen LogP contribution in [0.5, 0.6) is 0 Å². The summed E-state index contributed by atoms with van der Waals surface area (Å²) >= 11 is 0. The van der Waals surface area contributed by atoms with Gasteiger partial charge in [-0.15, -0.1) is 6.58 Å². The minimum absolute atomic E-state index is 0.192. The number of esters is 1. The Bertz CT molecular complexity index is 663. The molecule has 0 amide bonds. The Labute approximate surface area is 138 Å². The average Bonchev–Trinajstić information content (AvgIpc) is 2.47. The topological polar surface area (TPSA) is 26.3 Å². The van der Waals surface area contributed by atoms with Gasteiger partial charge < -0.3 is 4.74 Å². The Kier molecular flexibility index (Phi) is 5.75. The summed E-state index contributed by atoms with van der Waals surface area (Å²) in [6.45, 7) is 9.72. The minimum Gasteiger partial charge on any atom is -0.458 e. The first-order valence-electron chi connectivity index (χ1n) is 7.95. The van der Waals surface area contributed by atoms with Crippen molar-refractivity contribution < 1.29 is 9.53 Å². The normalized spacial score (nSPS) is 11.8. The number of hydrogen-bond donors (Lipinski definition) is 0. The van der Waals surface area contributed by atoms with Crippen molar-refractivity contribution in [1.29, 1.82) is 0 Å². The summed E-state index contributed by atoms with van der Waals surface area (Å²) in [5.74, 6) is -0.247. The molecule has 2 rings (SSSR count). The van der Waals surface area contributed by atoms with Crippen LogP contribution in [0.25, 0.3) is 0 Å². The van der Waals surface area contributed by atoms with E-state index in [1.54, 1.807) is 6.08 Å². The quantitative estimate of drug-likeness (QED) is 0.557. The summed E-state index contributed by atoms with van der Waals surface area (Å²) in [5.41, 5.74) is 4.92. The molecule has 1 atom stereocenters. The van der Waals surface area contributed by atoms with Crippen LogP contribution < -0.4 is 0 Å². The van der Waals surface area contributed by atoms with E-state index < -0.39 is 0 Å². The Morgan fingerprint density at radius 3 is 2.30 bits per heavy atom. The second kappa shape index (κ2) is 7.77. The van der Waals surface area contributed by atoms with Crippen LogP contribution in [0, 0.1) is 20.8 Å². The third-order valence-corrected chi connectivity index (χ3v) is 3.89. The maximum Gasteiger partial charge on any atom is 0.338 e. The fraction of sp³-hybridized carbons (Fsp3) is 0.286. The fourth-order valence-electron chi connectivity index (χ4n) is 2.95. The van der Waals surface area contributed by atoms with Crippen molar-refractivity contribution in [3.8, 4) is 0 Å². The molecule has 0 saturated heterocycles. The van der Waals surface area contributed by atoms with Gasteiger partial charge in [-0.2, -0.15) is 0 Å². The van der Waals surface area contributed by atoms with Gasteiger partial charge in [0.2, 0.25) is 0 Å². The lowest BCUT2D eigenvalue weighted by Crippen LogP contribution is -2.21. The van der Waals surface area contributed by atoms with E-state index >= 15 is 0 Å². The van der Waals surface area contributed by atoms with E-state index in [0.29, 0.717) is 18.4 Å². The van der Waals surface area contributed by atoms with Crippen LogP contribution in [-0.4, -0.2) is 12.1 Å². The lowest BCUT2D eigenvalue weighted by Gasteiger charge is -2.18. The van der Waals surface area contributed by atoms with Crippen LogP contribution in [-0.2, 0) is 11.2 Å². The number of benzene rings is 2. The molecule has 0 aromatic heterocycles. The second-order valence-corrected chi connectivity index (χ2v) is 6.02. The van der Waals surface area contributed by atoms with Crippen molar-refractivity contribution in [2.24, 2.45) is 0 Å². The van der Waals surface area contributed by atoms with Crippen molar-refractivity contribution in [2.45, 2.75) is 39.7 Å². The van der Waals surface area contributed by atoms with Gasteiger partial charge in [-0.05, 0) is 37.5 Å². The van der Waals surface area contributed by atoms with E-state index in [-0.39, 0.29) is 12.1 Å². The molecule has 0 bridgehead atoms. The molecule has 0 spiro atoms. The van der Waals surface area contributed by atoms with Gasteiger partial charge in [0.25, 0.3) is 0 Å². The van der Waals surface area contributed by atoms with Gasteiger partial charge in [-0.3, -0.25) is 0 Å². The molecule has 0 aliphatic rings. The van der Waals surface area contributed by atoms with Gasteiger partial charge in [0.1, 0.15) is 6.10 Å². The molecular weight excluding hydrogens is 284 g/mol. The van der Waals surface area contributed by atoms with Gasteiger partial charge in [0.05, 0.1) is 5.56 Å². The molecule has 0 N–H and O–H groups in total. The van der Waals surface area contributed by atoms with E-state index in [1.807, 2.05) is 63.2 Å². The Balaban J connectivity index is 2.17. The number of ether oxygens (including phenoxy) is 1. The molecule has 0 aliphatic carbocycles. The molecule has 120 valence electrons. The molecule has 2 heteroatoms. The summed E-state index contributed by atoms with van der Waals surface area (Å²) in [4.78, 5) is 12.6. The first-order valence-corrected chi connectivity index (χ1v) is 7.95. The van der Waals surface area contributed by atoms with Crippen LogP contribution in [0.15, 0.2) is 55.1 Å². The highest BCUT2D eigenvalue weighted by atomic mass is 16.5. The van der Waals surface area contributed by atoms with Gasteiger partial charge in [0, 0.05) is 12.8 Å². The van der Waals surface area contributed by atoms with Crippen LogP contribution in [0.3, 0.4) is 0 Å². The van der Waals surface area contributed by atoms with E-state index in [9.17, 15) is 4.79 Å². The van der Waals surface area contributed by atoms with Gasteiger partial charge in [0.15, 0.2) is 0 Å². The standard InChI is InChI=1S/C21H24O2/c1-5-9-19(14-18-10-7-6-8-11-18)23-21(22)20-16(3)12-15(2)13-17(20)4/h5-8,10-13,19H,1,9,14H2,2-4H3/t19-/m0/s1. The fourth-order valence-corrected chi connectivity index (χ4v) is 2.95. The smallest absolute Gasteiger partial charge is 0.338 e. The second-order valence-electron chi connectivity index (χ2n) is 6.02. The Morgan fingerprint density at radius 1 is 1.13 bits per heavy atom. The third kappa shape index (κ3) is 4.56. The Morgan fingerprint density at radius 2 is 1.74 bits per heavy atom. The maximum atomic E-state index is 12.6. The van der Waals surface area contributed by atoms with Crippen molar-refractivity contribution in [1.82, 2.24) is 0 Å². The van der Waals surface area contributed by atoms with Crippen LogP contribution in [0.1, 0.15) is 39.0 Å². The number of rotatable bonds is 6. The van der Waals surface area contributed by atoms with Crippen LogP contribution >= 0.6 is 0 Å². The zero-order chi connectivity index (χ0) is 16.8. The van der Waals surface area contributed by atoms with Crippen LogP contribution in [0.4, 0.5) is 0 Å². The van der Waals surface area contributed by atoms with Crippen molar-refractivity contribution >= 4 is 5.97 Å². The molecule has 2 aromatic carbocycles. The highest BCUT2D eigenvalue weighted by Crippen LogP contribution is 2.19. The van der Waals surface area contributed by atoms with E-state index in [0.717, 1.165) is 22.3 Å². The molecule has 0 saturated carbocycles. The average molecular weight is 308 g/mol. The lowest BCUT2D eigenvalue weighted by molar-refractivity contribution is 0.0308. The predicted molar refractivity (Wildman–Crippen MR) is 94.8 cm³/mol. The van der Waals surface area contributed by atoms with E-state index in [4.69, 9.17) is 4.74 Å². The highest BCUT2D eigenvalue weighted by Gasteiger charge is 2.19. The van der Waals surface area contributed by atoms with E-state index in [1.165, 1.54) is 0 Å². The van der Waals surface area contributed by atoms with Gasteiger partial charge in [-0.1, -0.05) is 54.1 Å². The first kappa shape index (κ1) is 17.0. The zero-order valence-corrected chi connectivity index (χ0v) is 14.1. The molecular formula is C21H24O2. The molecule has 2 aromatic rings. The monoisotopic (exact) mass is 308 g/mol. The third-order valence-electron chi connectivity index (χ3n) is 3.89. The van der Waals surface area contributed by atoms with Gasteiger partial charge >= 0.3 is 5.97 Å². The lowest BCUT2D eigenvalue weighted by atomic mass is 9.99. The number of carbonyl (C=O) groups is 1. The molecule has 0 aliphatic heterocycles. The predicted octanol–water partition coefficient (Wildman–Crippen LogP) is 4.96. The minimum atomic E-state index is -0.247. The first-order chi connectivity index (χ1) is 11.0. The van der Waals surface area contributed by atoms with E-state index in [2.05, 4.69) is 6.58 Å². The summed E-state index contributed by atoms with van der Waals surface area (Å²) in [6, 6.07) is 14.1. The Hall–Kier alpha value is -2.35. The summed E-state index contributed by atoms with van der Waals surface area (Å²) in [7, 11) is 0. The molecule has 2 nitrogen and oxygen atoms in total. The van der Waals surface area contributed by atoms with Crippen molar-refractivity contribution in [3.05, 3.63) is 82.9 Å². The highest BCUT2D eigenvalue weighted by molar-refractivity contribution is 5.92. The van der Waals surface area contributed by atoms with Gasteiger partial charge in [-0.25, -0.2) is 4.79 Å². The summed E-state index contributed by atoms with van der Waals surface area (Å²) in [5, 5.41) is 0. The van der Waals surface area contributed by atoms with Crippen LogP contribution in [0.2, 0.25) is 0 Å². The summed E-state index contributed by atoms with van der Waals surface area (Å²) < 4.78 is 5.77. The molecule has 0 unspecified atom stereocenters. The SMILES string of the molecule is C=CC[C@@H](Cc1ccccc1)OC(=O)c1c(C)cc(C)cc1C. The zero-order valence-electron chi connectivity index (χ0n) is 14.1. The summed E-state index contributed by atoms with van der Waals surface area (Å²) in [6.07, 6.45) is 2.95. The molecule has 0 heterocycles. The number of aryl methyl sites for hydroxylation is 3. The number of carbonyl (C=O) groups excluding carboxylic acids is 1. The molecule has 0 fully saturated rings.